The topological polar surface area (TPSA) is 60.0 Å². The quantitative estimate of drug-likeness (QED) is 0.770. The Bertz CT molecular complexity index is 924. The molecule has 1 unspecified atom stereocenters. The van der Waals surface area contributed by atoms with Crippen molar-refractivity contribution in [2.75, 3.05) is 32.8 Å². The minimum Gasteiger partial charge on any atom is -0.486 e. The number of amides is 1. The zero-order valence-corrected chi connectivity index (χ0v) is 17.4. The summed E-state index contributed by atoms with van der Waals surface area (Å²) in [6, 6.07) is 11.7. The molecule has 5 rings (SSSR count). The number of benzene rings is 2. The number of nitrogens with zero attached hydrogens (tertiary/aromatic N) is 1. The molecule has 0 radical (unpaired) electrons. The molecule has 0 saturated carbocycles. The summed E-state index contributed by atoms with van der Waals surface area (Å²) in [5, 5.41) is 3.18. The number of halogens is 1. The van der Waals surface area contributed by atoms with Crippen LogP contribution in [-0.2, 0) is 11.3 Å². The van der Waals surface area contributed by atoms with E-state index in [0.717, 1.165) is 25.1 Å². The molecule has 3 aliphatic rings. The van der Waals surface area contributed by atoms with Crippen molar-refractivity contribution >= 4 is 5.91 Å². The zero-order valence-electron chi connectivity index (χ0n) is 17.4. The van der Waals surface area contributed by atoms with Crippen molar-refractivity contribution < 1.29 is 23.4 Å². The van der Waals surface area contributed by atoms with E-state index in [9.17, 15) is 9.18 Å². The molecule has 2 saturated heterocycles. The average molecular weight is 426 g/mol. The molecule has 2 bridgehead atoms. The SMILES string of the molecule is O=C(N[C@H]1C[C@@H]2CCN(C2)C1)c1ccc2c(c1)OC[C@@H](COCc1ccc(F)cc1)O2. The number of piperidine rings is 1. The molecule has 164 valence electrons. The van der Waals surface area contributed by atoms with Gasteiger partial charge in [0.15, 0.2) is 17.6 Å². The van der Waals surface area contributed by atoms with Crippen molar-refractivity contribution in [2.45, 2.75) is 31.6 Å². The molecule has 3 aliphatic heterocycles. The van der Waals surface area contributed by atoms with Crippen molar-refractivity contribution in [3.63, 3.8) is 0 Å². The lowest BCUT2D eigenvalue weighted by Crippen LogP contribution is -2.47. The Kier molecular flexibility index (Phi) is 5.78. The Morgan fingerprint density at radius 3 is 2.87 bits per heavy atom. The van der Waals surface area contributed by atoms with Gasteiger partial charge in [-0.3, -0.25) is 4.79 Å². The van der Waals surface area contributed by atoms with Gasteiger partial charge in [-0.1, -0.05) is 12.1 Å². The number of hydrogen-bond acceptors (Lipinski definition) is 5. The van der Waals surface area contributed by atoms with Crippen LogP contribution in [0.2, 0.25) is 0 Å². The Morgan fingerprint density at radius 2 is 2.03 bits per heavy atom. The first-order chi connectivity index (χ1) is 15.1. The summed E-state index contributed by atoms with van der Waals surface area (Å²) < 4.78 is 30.5. The molecule has 1 N–H and O–H groups in total. The fraction of sp³-hybridized carbons (Fsp3) is 0.458. The molecule has 4 atom stereocenters. The summed E-state index contributed by atoms with van der Waals surface area (Å²) in [5.74, 6) is 1.57. The molecule has 2 aromatic rings. The first-order valence-electron chi connectivity index (χ1n) is 10.9. The van der Waals surface area contributed by atoms with E-state index in [1.807, 2.05) is 0 Å². The molecular formula is C24H27FN2O4. The van der Waals surface area contributed by atoms with Crippen molar-refractivity contribution in [2.24, 2.45) is 5.92 Å². The number of rotatable bonds is 6. The fourth-order valence-corrected chi connectivity index (χ4v) is 4.66. The van der Waals surface area contributed by atoms with Gasteiger partial charge in [-0.2, -0.15) is 0 Å². The highest BCUT2D eigenvalue weighted by Gasteiger charge is 2.33. The second kappa shape index (κ2) is 8.85. The molecule has 3 heterocycles. The van der Waals surface area contributed by atoms with Crippen molar-refractivity contribution in [1.29, 1.82) is 0 Å². The second-order valence-electron chi connectivity index (χ2n) is 8.67. The lowest BCUT2D eigenvalue weighted by molar-refractivity contribution is 0.00267. The van der Waals surface area contributed by atoms with E-state index in [-0.39, 0.29) is 23.9 Å². The minimum absolute atomic E-state index is 0.0661. The van der Waals surface area contributed by atoms with Crippen LogP contribution in [0.15, 0.2) is 42.5 Å². The normalized spacial score (nSPS) is 26.5. The van der Waals surface area contributed by atoms with Crippen LogP contribution in [0.25, 0.3) is 0 Å². The predicted octanol–water partition coefficient (Wildman–Crippen LogP) is 3.01. The van der Waals surface area contributed by atoms with E-state index in [0.29, 0.717) is 42.8 Å². The van der Waals surface area contributed by atoms with Crippen LogP contribution < -0.4 is 14.8 Å². The van der Waals surface area contributed by atoms with Gasteiger partial charge in [-0.15, -0.1) is 0 Å². The average Bonchev–Trinajstić information content (AvgIpc) is 3.12. The van der Waals surface area contributed by atoms with Crippen LogP contribution in [0.1, 0.15) is 28.8 Å². The van der Waals surface area contributed by atoms with E-state index >= 15 is 0 Å². The van der Waals surface area contributed by atoms with Crippen LogP contribution in [0, 0.1) is 11.7 Å². The second-order valence-corrected chi connectivity index (χ2v) is 8.67. The summed E-state index contributed by atoms with van der Waals surface area (Å²) in [5.41, 5.74) is 1.48. The Balaban J connectivity index is 1.13. The molecule has 7 heteroatoms. The van der Waals surface area contributed by atoms with Crippen molar-refractivity contribution in [3.8, 4) is 11.5 Å². The third kappa shape index (κ3) is 4.83. The summed E-state index contributed by atoms with van der Waals surface area (Å²) in [6.07, 6.45) is 2.07. The smallest absolute Gasteiger partial charge is 0.251 e. The van der Waals surface area contributed by atoms with Gasteiger partial charge in [-0.25, -0.2) is 4.39 Å². The fourth-order valence-electron chi connectivity index (χ4n) is 4.66. The van der Waals surface area contributed by atoms with E-state index < -0.39 is 0 Å². The highest BCUT2D eigenvalue weighted by atomic mass is 19.1. The summed E-state index contributed by atoms with van der Waals surface area (Å²) >= 11 is 0. The molecule has 0 aromatic heterocycles. The van der Waals surface area contributed by atoms with Gasteiger partial charge in [0.25, 0.3) is 5.91 Å². The largest absolute Gasteiger partial charge is 0.486 e. The van der Waals surface area contributed by atoms with E-state index in [4.69, 9.17) is 14.2 Å². The Hall–Kier alpha value is -2.64. The van der Waals surface area contributed by atoms with E-state index in [1.165, 1.54) is 25.1 Å². The number of nitrogens with one attached hydrogen (secondary N) is 1. The summed E-state index contributed by atoms with van der Waals surface area (Å²) in [7, 11) is 0. The molecule has 0 spiro atoms. The number of carbonyl (C=O) groups excluding carboxylic acids is 1. The third-order valence-electron chi connectivity index (χ3n) is 6.21. The van der Waals surface area contributed by atoms with Gasteiger partial charge >= 0.3 is 0 Å². The highest BCUT2D eigenvalue weighted by molar-refractivity contribution is 5.95. The third-order valence-corrected chi connectivity index (χ3v) is 6.21. The maximum absolute atomic E-state index is 13.0. The Labute approximate surface area is 181 Å². The van der Waals surface area contributed by atoms with Gasteiger partial charge in [-0.05, 0) is 61.2 Å². The minimum atomic E-state index is -0.263. The van der Waals surface area contributed by atoms with Crippen LogP contribution in [0.3, 0.4) is 0 Å². The zero-order chi connectivity index (χ0) is 21.2. The van der Waals surface area contributed by atoms with Gasteiger partial charge < -0.3 is 24.4 Å². The Morgan fingerprint density at radius 1 is 1.16 bits per heavy atom. The standard InChI is InChI=1S/C24H27FN2O4/c25-19-4-1-16(2-5-19)13-29-14-21-15-30-23-10-18(3-6-22(23)31-21)24(28)26-20-9-17-7-8-27(11-17)12-20/h1-6,10,17,20-21H,7-9,11-15H2,(H,26,28)/t17-,20-,21+/m0/s1. The number of ether oxygens (including phenoxy) is 3. The first-order valence-corrected chi connectivity index (χ1v) is 10.9. The van der Waals surface area contributed by atoms with Crippen LogP contribution in [0.4, 0.5) is 4.39 Å². The van der Waals surface area contributed by atoms with Crippen molar-refractivity contribution in [3.05, 3.63) is 59.4 Å². The summed E-state index contributed by atoms with van der Waals surface area (Å²) in [6.45, 7) is 4.35. The van der Waals surface area contributed by atoms with Gasteiger partial charge in [0.2, 0.25) is 0 Å². The lowest BCUT2D eigenvalue weighted by Gasteiger charge is -2.30. The monoisotopic (exact) mass is 426 g/mol. The molecule has 6 nitrogen and oxygen atoms in total. The van der Waals surface area contributed by atoms with Crippen LogP contribution in [-0.4, -0.2) is 55.8 Å². The molecule has 1 amide bonds. The van der Waals surface area contributed by atoms with E-state index in [1.54, 1.807) is 30.3 Å². The van der Waals surface area contributed by atoms with Gasteiger partial charge in [0.05, 0.1) is 13.2 Å². The molecule has 2 fully saturated rings. The predicted molar refractivity (Wildman–Crippen MR) is 113 cm³/mol. The summed E-state index contributed by atoms with van der Waals surface area (Å²) in [4.78, 5) is 15.2. The molecule has 0 aliphatic carbocycles. The highest BCUT2D eigenvalue weighted by Crippen LogP contribution is 2.33. The first kappa shape index (κ1) is 20.3. The van der Waals surface area contributed by atoms with Crippen LogP contribution in [0.5, 0.6) is 11.5 Å². The van der Waals surface area contributed by atoms with Gasteiger partial charge in [0.1, 0.15) is 12.4 Å². The number of fused-ring (bicyclic) bond motifs is 3. The maximum Gasteiger partial charge on any atom is 0.251 e. The van der Waals surface area contributed by atoms with Crippen LogP contribution >= 0.6 is 0 Å². The molecule has 2 aromatic carbocycles. The number of carbonyl (C=O) groups is 1. The van der Waals surface area contributed by atoms with E-state index in [2.05, 4.69) is 10.2 Å². The number of hydrogen-bond donors (Lipinski definition) is 1. The lowest BCUT2D eigenvalue weighted by atomic mass is 9.96. The molecular weight excluding hydrogens is 399 g/mol. The van der Waals surface area contributed by atoms with Gasteiger partial charge in [0, 0.05) is 24.7 Å². The van der Waals surface area contributed by atoms with Crippen molar-refractivity contribution in [1.82, 2.24) is 10.2 Å². The molecule has 31 heavy (non-hydrogen) atoms. The maximum atomic E-state index is 13.0.